The van der Waals surface area contributed by atoms with Gasteiger partial charge in [0, 0.05) is 48.6 Å². The van der Waals surface area contributed by atoms with Gasteiger partial charge in [-0.15, -0.1) is 0 Å². The van der Waals surface area contributed by atoms with Crippen LogP contribution in [-0.2, 0) is 19.7 Å². The van der Waals surface area contributed by atoms with Gasteiger partial charge in [-0.25, -0.2) is 4.39 Å². The van der Waals surface area contributed by atoms with Crippen LogP contribution in [0.4, 0.5) is 10.1 Å². The summed E-state index contributed by atoms with van der Waals surface area (Å²) >= 11 is 0. The van der Waals surface area contributed by atoms with Crippen molar-refractivity contribution in [3.05, 3.63) is 77.2 Å². The molecular formula is C27H29FN2O4. The molecule has 0 spiro atoms. The Kier molecular flexibility index (Phi) is 6.55. The molecular weight excluding hydrogens is 435 g/mol. The molecule has 2 aromatic carbocycles. The molecule has 1 fully saturated rings. The number of nitrogens with zero attached hydrogens (tertiary/aromatic N) is 2. The fourth-order valence-corrected chi connectivity index (χ4v) is 4.81. The zero-order valence-electron chi connectivity index (χ0n) is 19.7. The Morgan fingerprint density at radius 2 is 1.71 bits per heavy atom. The van der Waals surface area contributed by atoms with Crippen molar-refractivity contribution in [3.8, 4) is 0 Å². The summed E-state index contributed by atoms with van der Waals surface area (Å²) in [6, 6.07) is 13.5. The summed E-state index contributed by atoms with van der Waals surface area (Å²) in [4.78, 5) is 41.4. The molecule has 7 heteroatoms. The highest BCUT2D eigenvalue weighted by Gasteiger charge is 2.38. The fourth-order valence-electron chi connectivity index (χ4n) is 4.81. The maximum atomic E-state index is 13.1. The number of likely N-dealkylation sites (tertiary alicyclic amines) is 1. The van der Waals surface area contributed by atoms with Crippen molar-refractivity contribution in [2.24, 2.45) is 5.92 Å². The number of hydrogen-bond donors (Lipinski definition) is 0. The highest BCUT2D eigenvalue weighted by atomic mass is 19.1. The molecule has 4 rings (SSSR count). The first-order valence-corrected chi connectivity index (χ1v) is 11.5. The molecule has 1 amide bonds. The molecule has 1 saturated heterocycles. The average Bonchev–Trinajstić information content (AvgIpc) is 3.03. The Labute approximate surface area is 199 Å². The lowest BCUT2D eigenvalue weighted by Gasteiger charge is -2.31. The number of carbonyl (C=O) groups excluding carboxylic acids is 3. The smallest absolute Gasteiger partial charge is 0.309 e. The van der Waals surface area contributed by atoms with Crippen LogP contribution in [0.1, 0.15) is 42.6 Å². The summed E-state index contributed by atoms with van der Waals surface area (Å²) in [6.07, 6.45) is 2.50. The van der Waals surface area contributed by atoms with Crippen LogP contribution >= 0.6 is 0 Å². The van der Waals surface area contributed by atoms with Gasteiger partial charge in [0.2, 0.25) is 0 Å². The Bertz CT molecular complexity index is 1130. The number of ketones is 1. The van der Waals surface area contributed by atoms with Crippen molar-refractivity contribution < 1.29 is 23.5 Å². The van der Waals surface area contributed by atoms with Crippen molar-refractivity contribution in [1.29, 1.82) is 0 Å². The van der Waals surface area contributed by atoms with E-state index in [1.54, 1.807) is 11.0 Å². The predicted molar refractivity (Wildman–Crippen MR) is 127 cm³/mol. The number of carbonyl (C=O) groups is 3. The lowest BCUT2D eigenvalue weighted by atomic mass is 9.83. The zero-order chi connectivity index (χ0) is 24.5. The van der Waals surface area contributed by atoms with Gasteiger partial charge in [-0.2, -0.15) is 0 Å². The van der Waals surface area contributed by atoms with Gasteiger partial charge in [0.25, 0.3) is 5.91 Å². The van der Waals surface area contributed by atoms with E-state index in [4.69, 9.17) is 4.74 Å². The third kappa shape index (κ3) is 4.60. The molecule has 0 aliphatic carbocycles. The maximum absolute atomic E-state index is 13.1. The largest absolute Gasteiger partial charge is 0.457 e. The number of fused-ring (bicyclic) bond motifs is 1. The van der Waals surface area contributed by atoms with Gasteiger partial charge in [0.05, 0.1) is 5.92 Å². The number of halogens is 1. The lowest BCUT2D eigenvalue weighted by Crippen LogP contribution is -2.40. The van der Waals surface area contributed by atoms with Crippen LogP contribution < -0.4 is 4.90 Å². The number of hydrogen-bond acceptors (Lipinski definition) is 5. The van der Waals surface area contributed by atoms with E-state index in [1.165, 1.54) is 24.3 Å². The molecule has 0 saturated carbocycles. The van der Waals surface area contributed by atoms with Gasteiger partial charge in [-0.05, 0) is 48.7 Å². The van der Waals surface area contributed by atoms with Crippen LogP contribution in [0.25, 0.3) is 0 Å². The van der Waals surface area contributed by atoms with E-state index in [0.29, 0.717) is 31.5 Å². The number of esters is 1. The summed E-state index contributed by atoms with van der Waals surface area (Å²) in [5.74, 6) is -1.61. The van der Waals surface area contributed by atoms with E-state index in [9.17, 15) is 18.8 Å². The predicted octanol–water partition coefficient (Wildman–Crippen LogP) is 4.10. The second-order valence-electron chi connectivity index (χ2n) is 9.38. The second-order valence-corrected chi connectivity index (χ2v) is 9.38. The number of benzene rings is 2. The first-order chi connectivity index (χ1) is 16.2. The Balaban J connectivity index is 1.29. The third-order valence-corrected chi connectivity index (χ3v) is 6.80. The van der Waals surface area contributed by atoms with Crippen molar-refractivity contribution in [2.75, 3.05) is 31.6 Å². The van der Waals surface area contributed by atoms with Crippen LogP contribution in [-0.4, -0.2) is 49.3 Å². The number of likely N-dealkylation sites (N-methyl/N-ethyl adjacent to an activating group) is 1. The SMILES string of the molecule is CN1/C(=C\C(=O)COC(=O)C2CCN(C(=O)c3ccc(F)cc3)CC2)C(C)(C)c2ccccc21. The molecule has 2 heterocycles. The topological polar surface area (TPSA) is 66.9 Å². The van der Waals surface area contributed by atoms with E-state index >= 15 is 0 Å². The number of anilines is 1. The fraction of sp³-hybridized carbons (Fsp3) is 0.370. The summed E-state index contributed by atoms with van der Waals surface area (Å²) in [5.41, 5.74) is 3.17. The average molecular weight is 465 g/mol. The van der Waals surface area contributed by atoms with Crippen molar-refractivity contribution in [2.45, 2.75) is 32.1 Å². The monoisotopic (exact) mass is 464 g/mol. The molecule has 6 nitrogen and oxygen atoms in total. The number of para-hydroxylation sites is 1. The first kappa shape index (κ1) is 23.7. The number of rotatable bonds is 5. The molecule has 2 aliphatic rings. The summed E-state index contributed by atoms with van der Waals surface area (Å²) < 4.78 is 18.4. The summed E-state index contributed by atoms with van der Waals surface area (Å²) in [7, 11) is 1.93. The van der Waals surface area contributed by atoms with E-state index in [2.05, 4.69) is 19.9 Å². The number of allylic oxidation sites excluding steroid dienone is 1. The van der Waals surface area contributed by atoms with E-state index < -0.39 is 11.8 Å². The molecule has 0 atom stereocenters. The zero-order valence-corrected chi connectivity index (χ0v) is 19.7. The van der Waals surface area contributed by atoms with Crippen molar-refractivity contribution in [3.63, 3.8) is 0 Å². The second kappa shape index (κ2) is 9.41. The molecule has 34 heavy (non-hydrogen) atoms. The van der Waals surface area contributed by atoms with Crippen LogP contribution in [0.15, 0.2) is 60.3 Å². The van der Waals surface area contributed by atoms with Gasteiger partial charge in [0.15, 0.2) is 12.4 Å². The van der Waals surface area contributed by atoms with Gasteiger partial charge in [-0.3, -0.25) is 14.4 Å². The van der Waals surface area contributed by atoms with Crippen LogP contribution in [0.5, 0.6) is 0 Å². The lowest BCUT2D eigenvalue weighted by molar-refractivity contribution is -0.152. The Hall–Kier alpha value is -3.48. The van der Waals surface area contributed by atoms with E-state index in [0.717, 1.165) is 16.9 Å². The van der Waals surface area contributed by atoms with Gasteiger partial charge < -0.3 is 14.5 Å². The minimum Gasteiger partial charge on any atom is -0.457 e. The van der Waals surface area contributed by atoms with Crippen molar-refractivity contribution in [1.82, 2.24) is 4.90 Å². The number of ether oxygens (including phenoxy) is 1. The van der Waals surface area contributed by atoms with Crippen LogP contribution in [0.2, 0.25) is 0 Å². The molecule has 2 aromatic rings. The molecule has 0 radical (unpaired) electrons. The standard InChI is InChI=1S/C27H29FN2O4/c1-27(2)22-6-4-5-7-23(22)29(3)24(27)16-21(31)17-34-26(33)19-12-14-30(15-13-19)25(32)18-8-10-20(28)11-9-18/h4-11,16,19H,12-15,17H2,1-3H3/b24-16-. The highest BCUT2D eigenvalue weighted by Crippen LogP contribution is 2.46. The van der Waals surface area contributed by atoms with Crippen LogP contribution in [0, 0.1) is 11.7 Å². The molecule has 178 valence electrons. The molecule has 0 unspecified atom stereocenters. The third-order valence-electron chi connectivity index (χ3n) is 6.80. The maximum Gasteiger partial charge on any atom is 0.309 e. The highest BCUT2D eigenvalue weighted by molar-refractivity contribution is 5.95. The Morgan fingerprint density at radius 3 is 2.35 bits per heavy atom. The van der Waals surface area contributed by atoms with Crippen molar-refractivity contribution >= 4 is 23.3 Å². The number of amides is 1. The number of piperidine rings is 1. The van der Waals surface area contributed by atoms with Gasteiger partial charge in [-0.1, -0.05) is 32.0 Å². The van der Waals surface area contributed by atoms with Gasteiger partial charge >= 0.3 is 5.97 Å². The Morgan fingerprint density at radius 1 is 1.06 bits per heavy atom. The normalized spacial score (nSPS) is 18.6. The molecule has 0 aromatic heterocycles. The molecule has 2 aliphatic heterocycles. The minimum atomic E-state index is -0.414. The molecule has 0 bridgehead atoms. The van der Waals surface area contributed by atoms with Gasteiger partial charge in [0.1, 0.15) is 5.82 Å². The summed E-state index contributed by atoms with van der Waals surface area (Å²) in [5, 5.41) is 0. The van der Waals surface area contributed by atoms with E-state index in [1.807, 2.05) is 30.1 Å². The minimum absolute atomic E-state index is 0.182. The first-order valence-electron chi connectivity index (χ1n) is 11.5. The summed E-state index contributed by atoms with van der Waals surface area (Å²) in [6.45, 7) is 4.65. The van der Waals surface area contributed by atoms with E-state index in [-0.39, 0.29) is 29.6 Å². The van der Waals surface area contributed by atoms with Crippen LogP contribution in [0.3, 0.4) is 0 Å². The molecule has 0 N–H and O–H groups in total. The quantitative estimate of drug-likeness (QED) is 0.492.